The van der Waals surface area contributed by atoms with Gasteiger partial charge in [0.25, 0.3) is 5.56 Å². The van der Waals surface area contributed by atoms with Crippen LogP contribution in [0.4, 0.5) is 0 Å². The number of hydrogen-bond acceptors (Lipinski definition) is 5. The fourth-order valence-corrected chi connectivity index (χ4v) is 3.76. The molecular formula is C22H19NO4S. The van der Waals surface area contributed by atoms with Gasteiger partial charge < -0.3 is 9.30 Å². The summed E-state index contributed by atoms with van der Waals surface area (Å²) in [6.45, 7) is 1.88. The number of hydrogen-bond donors (Lipinski definition) is 0. The first-order chi connectivity index (χ1) is 13.4. The summed E-state index contributed by atoms with van der Waals surface area (Å²) in [5.74, 6) is -0.547. The van der Waals surface area contributed by atoms with Crippen LogP contribution in [0.15, 0.2) is 53.3 Å². The lowest BCUT2D eigenvalue weighted by atomic mass is 10.1. The zero-order valence-corrected chi connectivity index (χ0v) is 16.6. The number of thiazole rings is 1. The summed E-state index contributed by atoms with van der Waals surface area (Å²) in [7, 11) is 2.97. The molecule has 0 aliphatic heterocycles. The van der Waals surface area contributed by atoms with Crippen molar-refractivity contribution < 1.29 is 14.3 Å². The van der Waals surface area contributed by atoms with E-state index in [1.807, 2.05) is 25.1 Å². The number of nitrogens with zero attached hydrogens (tertiary/aromatic N) is 1. The Hall–Kier alpha value is -3.25. The molecule has 28 heavy (non-hydrogen) atoms. The molecule has 0 unspecified atom stereocenters. The van der Waals surface area contributed by atoms with E-state index in [1.54, 1.807) is 43.5 Å². The number of aromatic nitrogens is 1. The van der Waals surface area contributed by atoms with Crippen LogP contribution in [0, 0.1) is 6.92 Å². The molecule has 142 valence electrons. The van der Waals surface area contributed by atoms with E-state index in [0.29, 0.717) is 20.3 Å². The van der Waals surface area contributed by atoms with Crippen LogP contribution >= 0.6 is 11.3 Å². The van der Waals surface area contributed by atoms with Gasteiger partial charge in [0, 0.05) is 18.7 Å². The van der Waals surface area contributed by atoms with Gasteiger partial charge in [-0.15, -0.1) is 11.3 Å². The average molecular weight is 393 g/mol. The normalized spacial score (nSPS) is 12.2. The number of benzene rings is 2. The van der Waals surface area contributed by atoms with Crippen LogP contribution in [0.3, 0.4) is 0 Å². The predicted octanol–water partition coefficient (Wildman–Crippen LogP) is 2.03. The van der Waals surface area contributed by atoms with Gasteiger partial charge in [-0.3, -0.25) is 9.59 Å². The van der Waals surface area contributed by atoms with Gasteiger partial charge in [0.05, 0.1) is 17.2 Å². The van der Waals surface area contributed by atoms with E-state index >= 15 is 0 Å². The van der Waals surface area contributed by atoms with Crippen molar-refractivity contribution >= 4 is 35.2 Å². The van der Waals surface area contributed by atoms with E-state index in [1.165, 1.54) is 29.1 Å². The summed E-state index contributed by atoms with van der Waals surface area (Å²) >= 11 is 1.25. The van der Waals surface area contributed by atoms with Crippen LogP contribution in [-0.2, 0) is 11.8 Å². The molecule has 6 heteroatoms. The molecule has 0 amide bonds. The Balaban J connectivity index is 2.01. The van der Waals surface area contributed by atoms with Crippen molar-refractivity contribution in [3.05, 3.63) is 90.3 Å². The second-order valence-electron chi connectivity index (χ2n) is 6.25. The lowest BCUT2D eigenvalue weighted by molar-refractivity contribution is 0.0600. The molecule has 1 aromatic heterocycles. The molecule has 3 rings (SSSR count). The van der Waals surface area contributed by atoms with Crippen molar-refractivity contribution in [2.24, 2.45) is 7.05 Å². The Labute approximate surface area is 165 Å². The fraction of sp³-hybridized carbons (Fsp3) is 0.136. The molecule has 0 radical (unpaired) electrons. The van der Waals surface area contributed by atoms with Crippen LogP contribution < -0.4 is 14.8 Å². The highest BCUT2D eigenvalue weighted by Crippen LogP contribution is 2.08. The molecular weight excluding hydrogens is 374 g/mol. The van der Waals surface area contributed by atoms with Crippen LogP contribution in [0.1, 0.15) is 31.8 Å². The fourth-order valence-electron chi connectivity index (χ4n) is 2.73. The molecule has 0 spiro atoms. The van der Waals surface area contributed by atoms with Crippen LogP contribution in [0.2, 0.25) is 0 Å². The third-order valence-corrected chi connectivity index (χ3v) is 5.47. The maximum Gasteiger partial charge on any atom is 0.337 e. The number of carbonyl (C=O) groups is 2. The summed E-state index contributed by atoms with van der Waals surface area (Å²) in [4.78, 5) is 36.6. The Morgan fingerprint density at radius 1 is 1.07 bits per heavy atom. The average Bonchev–Trinajstić information content (AvgIpc) is 2.96. The number of aryl methyl sites for hydroxylation is 1. The second-order valence-corrected chi connectivity index (χ2v) is 7.31. The first kappa shape index (κ1) is 19.5. The second kappa shape index (κ2) is 8.19. The molecule has 5 nitrogen and oxygen atoms in total. The quantitative estimate of drug-likeness (QED) is 0.503. The number of rotatable bonds is 4. The molecule has 0 atom stereocenters. The summed E-state index contributed by atoms with van der Waals surface area (Å²) in [6.07, 6.45) is 3.23. The molecule has 3 aromatic rings. The number of carbonyl (C=O) groups excluding carboxylic acids is 2. The largest absolute Gasteiger partial charge is 0.465 e. The SMILES string of the molecule is COC(=O)c1ccc(/C=c2/s/c(=C\C(=O)c3ccccc3C)n(C)c2=O)cc1. The van der Waals surface area contributed by atoms with Crippen molar-refractivity contribution in [1.29, 1.82) is 0 Å². The standard InChI is InChI=1S/C22H19NO4S/c1-14-6-4-5-7-17(14)18(24)13-20-23(2)21(25)19(28-20)12-15-8-10-16(11-9-15)22(26)27-3/h4-13H,1-3H3/b19-12+,20-13-. The molecule has 0 fully saturated rings. The van der Waals surface area contributed by atoms with E-state index in [0.717, 1.165) is 11.1 Å². The summed E-state index contributed by atoms with van der Waals surface area (Å²) < 4.78 is 7.24. The van der Waals surface area contributed by atoms with Crippen molar-refractivity contribution in [1.82, 2.24) is 4.57 Å². The van der Waals surface area contributed by atoms with Crippen molar-refractivity contribution in [3.8, 4) is 0 Å². The van der Waals surface area contributed by atoms with E-state index < -0.39 is 5.97 Å². The molecule has 0 aliphatic rings. The number of esters is 1. The molecule has 2 aromatic carbocycles. The monoisotopic (exact) mass is 393 g/mol. The summed E-state index contributed by atoms with van der Waals surface area (Å²) in [6, 6.07) is 14.1. The minimum atomic E-state index is -0.412. The van der Waals surface area contributed by atoms with Crippen LogP contribution in [0.25, 0.3) is 12.2 Å². The summed E-state index contributed by atoms with van der Waals surface area (Å²) in [5.41, 5.74) is 2.56. The minimum Gasteiger partial charge on any atom is -0.465 e. The van der Waals surface area contributed by atoms with Gasteiger partial charge in [-0.05, 0) is 36.3 Å². The smallest absolute Gasteiger partial charge is 0.337 e. The molecule has 1 heterocycles. The van der Waals surface area contributed by atoms with Crippen molar-refractivity contribution in [3.63, 3.8) is 0 Å². The van der Waals surface area contributed by atoms with E-state index in [-0.39, 0.29) is 11.3 Å². The number of Topliss-reactive ketones (excluding diaryl/α,β-unsaturated/α-hetero) is 1. The zero-order chi connectivity index (χ0) is 20.3. The third kappa shape index (κ3) is 4.02. The van der Waals surface area contributed by atoms with Gasteiger partial charge in [-0.25, -0.2) is 4.79 Å². The lowest BCUT2D eigenvalue weighted by Crippen LogP contribution is -2.29. The first-order valence-electron chi connectivity index (χ1n) is 8.58. The number of ether oxygens (including phenoxy) is 1. The Morgan fingerprint density at radius 2 is 1.75 bits per heavy atom. The Morgan fingerprint density at radius 3 is 2.39 bits per heavy atom. The van der Waals surface area contributed by atoms with Gasteiger partial charge in [0.1, 0.15) is 4.66 Å². The van der Waals surface area contributed by atoms with Crippen LogP contribution in [0.5, 0.6) is 0 Å². The Kier molecular flexibility index (Phi) is 5.70. The maximum absolute atomic E-state index is 12.6. The maximum atomic E-state index is 12.6. The predicted molar refractivity (Wildman–Crippen MR) is 110 cm³/mol. The van der Waals surface area contributed by atoms with Gasteiger partial charge in [-0.1, -0.05) is 36.4 Å². The zero-order valence-electron chi connectivity index (χ0n) is 15.8. The number of ketones is 1. The minimum absolute atomic E-state index is 0.135. The molecule has 0 aliphatic carbocycles. The topological polar surface area (TPSA) is 65.4 Å². The molecule has 0 bridgehead atoms. The number of methoxy groups -OCH3 is 1. The molecule has 0 N–H and O–H groups in total. The van der Waals surface area contributed by atoms with Gasteiger partial charge in [0.2, 0.25) is 0 Å². The lowest BCUT2D eigenvalue weighted by Gasteiger charge is -1.99. The molecule has 0 saturated heterocycles. The van der Waals surface area contributed by atoms with Gasteiger partial charge in [0.15, 0.2) is 5.78 Å². The van der Waals surface area contributed by atoms with Crippen molar-refractivity contribution in [2.75, 3.05) is 7.11 Å². The summed E-state index contributed by atoms with van der Waals surface area (Å²) in [5, 5.41) is 0. The highest BCUT2D eigenvalue weighted by atomic mass is 32.1. The highest BCUT2D eigenvalue weighted by molar-refractivity contribution is 7.07. The third-order valence-electron chi connectivity index (χ3n) is 4.36. The van der Waals surface area contributed by atoms with Gasteiger partial charge >= 0.3 is 5.97 Å². The van der Waals surface area contributed by atoms with E-state index in [9.17, 15) is 14.4 Å². The van der Waals surface area contributed by atoms with E-state index in [4.69, 9.17) is 0 Å². The molecule has 0 saturated carbocycles. The van der Waals surface area contributed by atoms with Crippen molar-refractivity contribution in [2.45, 2.75) is 6.92 Å². The van der Waals surface area contributed by atoms with E-state index in [2.05, 4.69) is 4.74 Å². The Bertz CT molecular complexity index is 1220. The first-order valence-corrected chi connectivity index (χ1v) is 9.40. The van der Waals surface area contributed by atoms with Crippen LogP contribution in [-0.4, -0.2) is 23.4 Å². The highest BCUT2D eigenvalue weighted by Gasteiger charge is 2.08. The van der Waals surface area contributed by atoms with Gasteiger partial charge in [-0.2, -0.15) is 0 Å².